The second-order valence-electron chi connectivity index (χ2n) is 8.42. The van der Waals surface area contributed by atoms with E-state index in [2.05, 4.69) is 13.0 Å². The van der Waals surface area contributed by atoms with Crippen LogP contribution >= 0.6 is 11.3 Å². The van der Waals surface area contributed by atoms with Crippen molar-refractivity contribution in [2.75, 3.05) is 4.90 Å². The van der Waals surface area contributed by atoms with Crippen LogP contribution in [0, 0.1) is 13.8 Å². The highest BCUT2D eigenvalue weighted by Gasteiger charge is 2.24. The van der Waals surface area contributed by atoms with E-state index in [-0.39, 0.29) is 10.8 Å². The number of thiazole rings is 1. The summed E-state index contributed by atoms with van der Waals surface area (Å²) in [5.41, 5.74) is 4.53. The number of fused-ring (bicyclic) bond motifs is 1. The van der Waals surface area contributed by atoms with Crippen LogP contribution in [0.4, 0.5) is 5.13 Å². The second-order valence-corrected chi connectivity index (χ2v) is 11.9. The quantitative estimate of drug-likeness (QED) is 0.344. The molecule has 1 amide bonds. The number of nitrogens with zero attached hydrogens (tertiary/aromatic N) is 2. The molecule has 0 aliphatic carbocycles. The number of sulfone groups is 1. The molecule has 0 N–H and O–H groups in total. The van der Waals surface area contributed by atoms with Crippen molar-refractivity contribution >= 4 is 42.4 Å². The van der Waals surface area contributed by atoms with E-state index in [1.165, 1.54) is 23.5 Å². The zero-order valence-corrected chi connectivity index (χ0v) is 20.7. The number of aryl methyl sites for hydroxylation is 2. The van der Waals surface area contributed by atoms with E-state index in [0.717, 1.165) is 26.9 Å². The lowest BCUT2D eigenvalue weighted by molar-refractivity contribution is 0.0985. The van der Waals surface area contributed by atoms with Gasteiger partial charge < -0.3 is 0 Å². The summed E-state index contributed by atoms with van der Waals surface area (Å²) in [6.45, 7) is 7.74. The Morgan fingerprint density at radius 3 is 2.30 bits per heavy atom. The maximum Gasteiger partial charge on any atom is 0.260 e. The fourth-order valence-electron chi connectivity index (χ4n) is 3.69. The number of benzene rings is 3. The zero-order valence-electron chi connectivity index (χ0n) is 19.1. The molecule has 0 bridgehead atoms. The first kappa shape index (κ1) is 23.1. The van der Waals surface area contributed by atoms with Crippen LogP contribution < -0.4 is 4.90 Å². The van der Waals surface area contributed by atoms with Crippen molar-refractivity contribution in [3.05, 3.63) is 89.0 Å². The lowest BCUT2D eigenvalue weighted by Crippen LogP contribution is -2.30. The van der Waals surface area contributed by atoms with Gasteiger partial charge in [0.2, 0.25) is 0 Å². The van der Waals surface area contributed by atoms with E-state index in [9.17, 15) is 13.2 Å². The Kier molecular flexibility index (Phi) is 6.36. The average Bonchev–Trinajstić information content (AvgIpc) is 3.22. The van der Waals surface area contributed by atoms with Gasteiger partial charge in [0.25, 0.3) is 5.91 Å². The van der Waals surface area contributed by atoms with Crippen molar-refractivity contribution in [1.82, 2.24) is 4.98 Å². The molecule has 1 heterocycles. The molecule has 0 atom stereocenters. The minimum atomic E-state index is -3.40. The number of anilines is 1. The zero-order chi connectivity index (χ0) is 23.8. The van der Waals surface area contributed by atoms with E-state index in [1.54, 1.807) is 30.9 Å². The summed E-state index contributed by atoms with van der Waals surface area (Å²) in [6, 6.07) is 20.1. The monoisotopic (exact) mass is 478 g/mol. The van der Waals surface area contributed by atoms with Crippen molar-refractivity contribution < 1.29 is 13.2 Å². The van der Waals surface area contributed by atoms with Gasteiger partial charge in [-0.3, -0.25) is 9.69 Å². The fraction of sp³-hybridized carbons (Fsp3) is 0.231. The van der Waals surface area contributed by atoms with Gasteiger partial charge in [-0.2, -0.15) is 0 Å². The average molecular weight is 479 g/mol. The van der Waals surface area contributed by atoms with Gasteiger partial charge in [0.05, 0.1) is 26.9 Å². The first-order valence-electron chi connectivity index (χ1n) is 10.7. The minimum absolute atomic E-state index is 0.217. The van der Waals surface area contributed by atoms with Gasteiger partial charge in [-0.05, 0) is 74.7 Å². The van der Waals surface area contributed by atoms with Crippen molar-refractivity contribution in [2.45, 2.75) is 44.4 Å². The number of carbonyl (C=O) groups excluding carboxylic acids is 1. The van der Waals surface area contributed by atoms with Crippen molar-refractivity contribution in [2.24, 2.45) is 0 Å². The maximum absolute atomic E-state index is 13.6. The summed E-state index contributed by atoms with van der Waals surface area (Å²) < 4.78 is 26.0. The third-order valence-electron chi connectivity index (χ3n) is 5.52. The van der Waals surface area contributed by atoms with Gasteiger partial charge in [-0.1, -0.05) is 47.7 Å². The predicted molar refractivity (Wildman–Crippen MR) is 135 cm³/mol. The normalized spacial score (nSPS) is 11.8. The third-order valence-corrected chi connectivity index (χ3v) is 8.92. The number of rotatable bonds is 6. The summed E-state index contributed by atoms with van der Waals surface area (Å²) >= 11 is 1.49. The van der Waals surface area contributed by atoms with Crippen molar-refractivity contribution in [3.8, 4) is 0 Å². The third kappa shape index (κ3) is 4.70. The standard InChI is InChI=1S/C26H26N2O3S2/c1-17(2)33(30,31)22-12-10-21(11-13-22)25(29)28(16-20-8-6-5-7-9-20)26-27-23-15-18(3)14-19(4)24(23)32-26/h5-15,17H,16H2,1-4H3. The Bertz CT molecular complexity index is 1410. The molecule has 0 spiro atoms. The van der Waals surface area contributed by atoms with Gasteiger partial charge in [0.15, 0.2) is 15.0 Å². The Hall–Kier alpha value is -3.03. The molecule has 1 aromatic heterocycles. The van der Waals surface area contributed by atoms with Crippen LogP contribution in [0.25, 0.3) is 10.2 Å². The van der Waals surface area contributed by atoms with Crippen LogP contribution in [0.15, 0.2) is 71.6 Å². The van der Waals surface area contributed by atoms with Gasteiger partial charge in [0, 0.05) is 5.56 Å². The van der Waals surface area contributed by atoms with Crippen molar-refractivity contribution in [3.63, 3.8) is 0 Å². The molecule has 0 radical (unpaired) electrons. The molecule has 0 fully saturated rings. The maximum atomic E-state index is 13.6. The molecule has 3 aromatic carbocycles. The minimum Gasteiger partial charge on any atom is -0.279 e. The van der Waals surface area contributed by atoms with Crippen LogP contribution in [0.1, 0.15) is 40.9 Å². The highest BCUT2D eigenvalue weighted by atomic mass is 32.2. The summed E-state index contributed by atoms with van der Waals surface area (Å²) in [5.74, 6) is -0.222. The van der Waals surface area contributed by atoms with Crippen LogP contribution in [0.3, 0.4) is 0 Å². The molecular formula is C26H26N2O3S2. The molecular weight excluding hydrogens is 452 g/mol. The van der Waals surface area contributed by atoms with Crippen molar-refractivity contribution in [1.29, 1.82) is 0 Å². The Morgan fingerprint density at radius 2 is 1.67 bits per heavy atom. The summed E-state index contributed by atoms with van der Waals surface area (Å²) in [4.78, 5) is 20.3. The SMILES string of the molecule is Cc1cc(C)c2sc(N(Cc3ccccc3)C(=O)c3ccc(S(=O)(=O)C(C)C)cc3)nc2c1. The van der Waals surface area contributed by atoms with E-state index < -0.39 is 15.1 Å². The molecule has 33 heavy (non-hydrogen) atoms. The first-order chi connectivity index (χ1) is 15.7. The summed E-state index contributed by atoms with van der Waals surface area (Å²) in [5, 5.41) is 0.0921. The fourth-order valence-corrected chi connectivity index (χ4v) is 5.76. The Balaban J connectivity index is 1.75. The lowest BCUT2D eigenvalue weighted by Gasteiger charge is -2.20. The highest BCUT2D eigenvalue weighted by molar-refractivity contribution is 7.92. The van der Waals surface area contributed by atoms with E-state index in [1.807, 2.05) is 43.3 Å². The topological polar surface area (TPSA) is 67.3 Å². The van der Waals surface area contributed by atoms with E-state index in [4.69, 9.17) is 4.98 Å². The number of carbonyl (C=O) groups is 1. The van der Waals surface area contributed by atoms with Crippen LogP contribution in [0.5, 0.6) is 0 Å². The van der Waals surface area contributed by atoms with E-state index in [0.29, 0.717) is 17.2 Å². The Morgan fingerprint density at radius 1 is 1.00 bits per heavy atom. The summed E-state index contributed by atoms with van der Waals surface area (Å²) in [7, 11) is -3.40. The van der Waals surface area contributed by atoms with Gasteiger partial charge in [0.1, 0.15) is 0 Å². The smallest absolute Gasteiger partial charge is 0.260 e. The molecule has 4 rings (SSSR count). The van der Waals surface area contributed by atoms with Crippen LogP contribution in [-0.4, -0.2) is 24.6 Å². The molecule has 4 aromatic rings. The highest BCUT2D eigenvalue weighted by Crippen LogP contribution is 2.33. The number of aromatic nitrogens is 1. The molecule has 0 saturated carbocycles. The molecule has 0 aliphatic rings. The molecule has 0 aliphatic heterocycles. The Labute approximate surface area is 198 Å². The second kappa shape index (κ2) is 9.08. The molecule has 7 heteroatoms. The number of amides is 1. The summed E-state index contributed by atoms with van der Waals surface area (Å²) in [6.07, 6.45) is 0. The van der Waals surface area contributed by atoms with Crippen LogP contribution in [-0.2, 0) is 16.4 Å². The lowest BCUT2D eigenvalue weighted by atomic mass is 10.1. The molecule has 0 saturated heterocycles. The molecule has 0 unspecified atom stereocenters. The van der Waals surface area contributed by atoms with Gasteiger partial charge >= 0.3 is 0 Å². The van der Waals surface area contributed by atoms with E-state index >= 15 is 0 Å². The molecule has 170 valence electrons. The van der Waals surface area contributed by atoms with Gasteiger partial charge in [-0.25, -0.2) is 13.4 Å². The van der Waals surface area contributed by atoms with Gasteiger partial charge in [-0.15, -0.1) is 0 Å². The number of hydrogen-bond acceptors (Lipinski definition) is 5. The largest absolute Gasteiger partial charge is 0.279 e. The number of hydrogen-bond donors (Lipinski definition) is 0. The predicted octanol–water partition coefficient (Wildman–Crippen LogP) is 5.94. The first-order valence-corrected chi connectivity index (χ1v) is 13.1. The van der Waals surface area contributed by atoms with Crippen LogP contribution in [0.2, 0.25) is 0 Å². The molecule has 5 nitrogen and oxygen atoms in total.